The summed E-state index contributed by atoms with van der Waals surface area (Å²) in [6.07, 6.45) is 2.82. The SMILES string of the molecule is CC1=CN(C)C(O)N=C1. The van der Waals surface area contributed by atoms with Gasteiger partial charge in [0.15, 0.2) is 0 Å². The van der Waals surface area contributed by atoms with Gasteiger partial charge in [-0.3, -0.25) is 0 Å². The molecule has 1 aliphatic heterocycles. The third-order valence-corrected chi connectivity index (χ3v) is 1.18. The normalized spacial score (nSPS) is 26.3. The Morgan fingerprint density at radius 2 is 2.44 bits per heavy atom. The lowest BCUT2D eigenvalue weighted by atomic mass is 10.3. The first-order valence-electron chi connectivity index (χ1n) is 2.82. The number of aliphatic imine (C=N–C) groups is 1. The first-order valence-corrected chi connectivity index (χ1v) is 2.82. The Labute approximate surface area is 54.3 Å². The quantitative estimate of drug-likeness (QED) is 0.502. The molecule has 1 aliphatic rings. The fourth-order valence-electron chi connectivity index (χ4n) is 0.711. The van der Waals surface area contributed by atoms with Crippen molar-refractivity contribution in [3.8, 4) is 0 Å². The van der Waals surface area contributed by atoms with Gasteiger partial charge in [-0.25, -0.2) is 4.99 Å². The number of rotatable bonds is 0. The van der Waals surface area contributed by atoms with E-state index in [1.54, 1.807) is 18.2 Å². The summed E-state index contributed by atoms with van der Waals surface area (Å²) in [5, 5.41) is 8.98. The monoisotopic (exact) mass is 126 g/mol. The maximum Gasteiger partial charge on any atom is 0.224 e. The number of nitrogens with zero attached hydrogens (tertiary/aromatic N) is 2. The molecule has 1 atom stereocenters. The van der Waals surface area contributed by atoms with Crippen molar-refractivity contribution in [2.75, 3.05) is 7.05 Å². The fraction of sp³-hybridized carbons (Fsp3) is 0.500. The maximum absolute atomic E-state index is 8.98. The van der Waals surface area contributed by atoms with Crippen molar-refractivity contribution in [1.29, 1.82) is 0 Å². The molecule has 0 amide bonds. The van der Waals surface area contributed by atoms with Crippen LogP contribution in [0.3, 0.4) is 0 Å². The lowest BCUT2D eigenvalue weighted by Gasteiger charge is -2.21. The van der Waals surface area contributed by atoms with Crippen LogP contribution in [0, 0.1) is 0 Å². The third kappa shape index (κ3) is 1.29. The Morgan fingerprint density at radius 1 is 1.78 bits per heavy atom. The average molecular weight is 126 g/mol. The minimum Gasteiger partial charge on any atom is -0.355 e. The first-order chi connectivity index (χ1) is 4.20. The van der Waals surface area contributed by atoms with E-state index in [0.717, 1.165) is 5.57 Å². The van der Waals surface area contributed by atoms with Crippen LogP contribution in [-0.2, 0) is 0 Å². The van der Waals surface area contributed by atoms with Crippen molar-refractivity contribution in [2.45, 2.75) is 13.3 Å². The fourth-order valence-corrected chi connectivity index (χ4v) is 0.711. The maximum atomic E-state index is 8.98. The van der Waals surface area contributed by atoms with E-state index in [2.05, 4.69) is 4.99 Å². The van der Waals surface area contributed by atoms with E-state index in [-0.39, 0.29) is 0 Å². The van der Waals surface area contributed by atoms with Crippen molar-refractivity contribution in [1.82, 2.24) is 4.90 Å². The first kappa shape index (κ1) is 6.29. The van der Waals surface area contributed by atoms with Crippen LogP contribution in [0.5, 0.6) is 0 Å². The summed E-state index contributed by atoms with van der Waals surface area (Å²) in [6.45, 7) is 1.94. The molecule has 1 rings (SSSR count). The second-order valence-electron chi connectivity index (χ2n) is 2.16. The van der Waals surface area contributed by atoms with Gasteiger partial charge in [0.2, 0.25) is 6.35 Å². The lowest BCUT2D eigenvalue weighted by molar-refractivity contribution is 0.0618. The van der Waals surface area contributed by atoms with Crippen molar-refractivity contribution in [3.05, 3.63) is 11.8 Å². The van der Waals surface area contributed by atoms with Gasteiger partial charge >= 0.3 is 0 Å². The number of aliphatic hydroxyl groups excluding tert-OH is 1. The number of hydrogen-bond acceptors (Lipinski definition) is 3. The predicted molar refractivity (Wildman–Crippen MR) is 36.0 cm³/mol. The molecular formula is C6H10N2O. The molecule has 3 nitrogen and oxygen atoms in total. The summed E-state index contributed by atoms with van der Waals surface area (Å²) in [5.41, 5.74) is 1.06. The smallest absolute Gasteiger partial charge is 0.224 e. The topological polar surface area (TPSA) is 35.8 Å². The van der Waals surface area contributed by atoms with E-state index < -0.39 is 6.35 Å². The zero-order chi connectivity index (χ0) is 6.85. The van der Waals surface area contributed by atoms with Crippen molar-refractivity contribution in [3.63, 3.8) is 0 Å². The summed E-state index contributed by atoms with van der Waals surface area (Å²) in [5.74, 6) is 0. The molecule has 9 heavy (non-hydrogen) atoms. The van der Waals surface area contributed by atoms with E-state index in [4.69, 9.17) is 5.11 Å². The van der Waals surface area contributed by atoms with Crippen LogP contribution in [0.25, 0.3) is 0 Å². The minimum atomic E-state index is -0.686. The van der Waals surface area contributed by atoms with Crippen LogP contribution >= 0.6 is 0 Å². The van der Waals surface area contributed by atoms with E-state index in [9.17, 15) is 0 Å². The molecule has 0 aromatic rings. The molecule has 3 heteroatoms. The highest BCUT2D eigenvalue weighted by Gasteiger charge is 2.07. The molecule has 0 fully saturated rings. The van der Waals surface area contributed by atoms with Crippen LogP contribution in [0.15, 0.2) is 16.8 Å². The second kappa shape index (κ2) is 2.19. The van der Waals surface area contributed by atoms with E-state index in [1.807, 2.05) is 13.1 Å². The summed E-state index contributed by atoms with van der Waals surface area (Å²) < 4.78 is 0. The van der Waals surface area contributed by atoms with Gasteiger partial charge < -0.3 is 10.0 Å². The van der Waals surface area contributed by atoms with Crippen molar-refractivity contribution >= 4 is 6.21 Å². The van der Waals surface area contributed by atoms with Gasteiger partial charge in [-0.2, -0.15) is 0 Å². The van der Waals surface area contributed by atoms with Gasteiger partial charge in [0.25, 0.3) is 0 Å². The molecule has 0 spiro atoms. The lowest BCUT2D eigenvalue weighted by Crippen LogP contribution is -2.27. The van der Waals surface area contributed by atoms with Crippen molar-refractivity contribution in [2.24, 2.45) is 4.99 Å². The molecule has 0 aliphatic carbocycles. The Balaban J connectivity index is 2.70. The standard InChI is InChI=1S/C6H10N2O/c1-5-3-7-6(9)8(2)4-5/h3-4,6,9H,1-2H3. The molecule has 50 valence electrons. The molecule has 0 bridgehead atoms. The van der Waals surface area contributed by atoms with Gasteiger partial charge in [-0.05, 0) is 12.5 Å². The molecule has 1 heterocycles. The van der Waals surface area contributed by atoms with Crippen LogP contribution in [-0.4, -0.2) is 29.6 Å². The molecular weight excluding hydrogens is 116 g/mol. The molecule has 0 aromatic heterocycles. The Kier molecular flexibility index (Phi) is 1.53. The Morgan fingerprint density at radius 3 is 2.89 bits per heavy atom. The zero-order valence-corrected chi connectivity index (χ0v) is 5.57. The molecule has 0 aromatic carbocycles. The molecule has 0 radical (unpaired) electrons. The highest BCUT2D eigenvalue weighted by molar-refractivity contribution is 5.78. The van der Waals surface area contributed by atoms with Gasteiger partial charge in [0.1, 0.15) is 0 Å². The van der Waals surface area contributed by atoms with Crippen LogP contribution < -0.4 is 0 Å². The van der Waals surface area contributed by atoms with E-state index in [0.29, 0.717) is 0 Å². The van der Waals surface area contributed by atoms with E-state index >= 15 is 0 Å². The van der Waals surface area contributed by atoms with Gasteiger partial charge in [-0.15, -0.1) is 0 Å². The largest absolute Gasteiger partial charge is 0.355 e. The minimum absolute atomic E-state index is 0.686. The average Bonchev–Trinajstić information content (AvgIpc) is 1.80. The van der Waals surface area contributed by atoms with Gasteiger partial charge in [0, 0.05) is 19.5 Å². The Bertz CT molecular complexity index is 162. The van der Waals surface area contributed by atoms with Gasteiger partial charge in [0.05, 0.1) is 0 Å². The molecule has 0 saturated carbocycles. The molecule has 1 unspecified atom stereocenters. The number of allylic oxidation sites excluding steroid dienone is 1. The predicted octanol–water partition coefficient (Wildman–Crippen LogP) is 0.182. The highest BCUT2D eigenvalue weighted by atomic mass is 16.3. The summed E-state index contributed by atoms with van der Waals surface area (Å²) >= 11 is 0. The van der Waals surface area contributed by atoms with Gasteiger partial charge in [-0.1, -0.05) is 0 Å². The summed E-state index contributed by atoms with van der Waals surface area (Å²) in [6, 6.07) is 0. The Hall–Kier alpha value is -0.830. The van der Waals surface area contributed by atoms with Crippen LogP contribution in [0.1, 0.15) is 6.92 Å². The third-order valence-electron chi connectivity index (χ3n) is 1.18. The van der Waals surface area contributed by atoms with Crippen LogP contribution in [0.2, 0.25) is 0 Å². The zero-order valence-electron chi connectivity index (χ0n) is 5.57. The van der Waals surface area contributed by atoms with Crippen LogP contribution in [0.4, 0.5) is 0 Å². The number of hydrogen-bond donors (Lipinski definition) is 1. The molecule has 1 N–H and O–H groups in total. The highest BCUT2D eigenvalue weighted by Crippen LogP contribution is 2.03. The summed E-state index contributed by atoms with van der Waals surface area (Å²) in [7, 11) is 1.78. The van der Waals surface area contributed by atoms with Crippen molar-refractivity contribution < 1.29 is 5.11 Å². The number of aliphatic hydroxyl groups is 1. The molecule has 0 saturated heterocycles. The second-order valence-corrected chi connectivity index (χ2v) is 2.16. The summed E-state index contributed by atoms with van der Waals surface area (Å²) in [4.78, 5) is 5.43. The van der Waals surface area contributed by atoms with E-state index in [1.165, 1.54) is 0 Å².